The van der Waals surface area contributed by atoms with Gasteiger partial charge in [0.25, 0.3) is 0 Å². The summed E-state index contributed by atoms with van der Waals surface area (Å²) >= 11 is 0. The van der Waals surface area contributed by atoms with Crippen molar-refractivity contribution in [3.8, 4) is 0 Å². The maximum atomic E-state index is 3.56. The summed E-state index contributed by atoms with van der Waals surface area (Å²) in [5, 5.41) is 3.56. The van der Waals surface area contributed by atoms with E-state index in [1.54, 1.807) is 0 Å². The summed E-state index contributed by atoms with van der Waals surface area (Å²) in [7, 11) is 0. The van der Waals surface area contributed by atoms with Crippen molar-refractivity contribution in [2.75, 3.05) is 6.54 Å². The van der Waals surface area contributed by atoms with Crippen molar-refractivity contribution < 1.29 is 0 Å². The predicted octanol–water partition coefficient (Wildman–Crippen LogP) is 4.04. The van der Waals surface area contributed by atoms with Crippen LogP contribution >= 0.6 is 0 Å². The van der Waals surface area contributed by atoms with Crippen LogP contribution in [0.15, 0.2) is 36.4 Å². The van der Waals surface area contributed by atoms with Gasteiger partial charge in [0.1, 0.15) is 0 Å². The zero-order valence-corrected chi connectivity index (χ0v) is 12.7. The van der Waals surface area contributed by atoms with Crippen LogP contribution in [0.2, 0.25) is 0 Å². The normalized spacial score (nSPS) is 17.9. The fraction of sp³-hybridized carbons (Fsp3) is 0.368. The quantitative estimate of drug-likeness (QED) is 0.864. The summed E-state index contributed by atoms with van der Waals surface area (Å²) in [6.07, 6.45) is 1.14. The summed E-state index contributed by atoms with van der Waals surface area (Å²) in [5.41, 5.74) is 8.72. The lowest BCUT2D eigenvalue weighted by Crippen LogP contribution is -2.29. The summed E-state index contributed by atoms with van der Waals surface area (Å²) < 4.78 is 0. The largest absolute Gasteiger partial charge is 0.312 e. The summed E-state index contributed by atoms with van der Waals surface area (Å²) in [5.74, 6) is 0.598. The molecule has 2 aromatic rings. The van der Waals surface area contributed by atoms with E-state index in [0.29, 0.717) is 5.92 Å². The van der Waals surface area contributed by atoms with E-state index in [9.17, 15) is 0 Å². The maximum absolute atomic E-state index is 3.56. The number of nitrogens with one attached hydrogen (secondary N) is 1. The van der Waals surface area contributed by atoms with Crippen LogP contribution < -0.4 is 5.32 Å². The molecule has 1 unspecified atom stereocenters. The Labute approximate surface area is 122 Å². The molecule has 0 saturated carbocycles. The molecule has 20 heavy (non-hydrogen) atoms. The molecule has 104 valence electrons. The zero-order valence-electron chi connectivity index (χ0n) is 12.7. The standard InChI is InChI=1S/C19H23N/c1-13-8-15(3)17(9-14(13)2)10-18-12-20-11-16-6-4-5-7-19(16)18/h4-9,18,20H,10-12H2,1-3H3. The Hall–Kier alpha value is -1.60. The van der Waals surface area contributed by atoms with Gasteiger partial charge in [-0.25, -0.2) is 0 Å². The van der Waals surface area contributed by atoms with Gasteiger partial charge in [-0.3, -0.25) is 0 Å². The van der Waals surface area contributed by atoms with Gasteiger partial charge in [0, 0.05) is 19.0 Å². The Morgan fingerprint density at radius 2 is 1.75 bits per heavy atom. The molecule has 0 radical (unpaired) electrons. The average molecular weight is 265 g/mol. The summed E-state index contributed by atoms with van der Waals surface area (Å²) in [6.45, 7) is 8.75. The van der Waals surface area contributed by atoms with Crippen LogP contribution in [-0.4, -0.2) is 6.54 Å². The van der Waals surface area contributed by atoms with Gasteiger partial charge >= 0.3 is 0 Å². The molecule has 0 amide bonds. The van der Waals surface area contributed by atoms with Gasteiger partial charge in [-0.1, -0.05) is 36.4 Å². The van der Waals surface area contributed by atoms with E-state index in [0.717, 1.165) is 19.5 Å². The van der Waals surface area contributed by atoms with E-state index in [-0.39, 0.29) is 0 Å². The first-order chi connectivity index (χ1) is 9.65. The molecule has 1 nitrogen and oxygen atoms in total. The van der Waals surface area contributed by atoms with Crippen molar-refractivity contribution in [2.24, 2.45) is 0 Å². The van der Waals surface area contributed by atoms with E-state index in [1.165, 1.54) is 33.4 Å². The molecular weight excluding hydrogens is 242 g/mol. The zero-order chi connectivity index (χ0) is 14.1. The van der Waals surface area contributed by atoms with Crippen LogP contribution in [0.3, 0.4) is 0 Å². The van der Waals surface area contributed by atoms with Crippen molar-refractivity contribution >= 4 is 0 Å². The lowest BCUT2D eigenvalue weighted by molar-refractivity contribution is 0.538. The van der Waals surface area contributed by atoms with E-state index in [2.05, 4.69) is 62.5 Å². The Kier molecular flexibility index (Phi) is 3.62. The second kappa shape index (κ2) is 5.41. The van der Waals surface area contributed by atoms with Gasteiger partial charge in [0.2, 0.25) is 0 Å². The molecule has 3 rings (SSSR count). The van der Waals surface area contributed by atoms with Crippen LogP contribution in [0.5, 0.6) is 0 Å². The molecular formula is C19H23N. The molecule has 1 atom stereocenters. The molecule has 0 spiro atoms. The van der Waals surface area contributed by atoms with Crippen LogP contribution in [0.1, 0.15) is 39.3 Å². The minimum atomic E-state index is 0.598. The highest BCUT2D eigenvalue weighted by Gasteiger charge is 2.20. The molecule has 1 aliphatic rings. The lowest BCUT2D eigenvalue weighted by atomic mass is 9.84. The first-order valence-electron chi connectivity index (χ1n) is 7.50. The highest BCUT2D eigenvalue weighted by molar-refractivity contribution is 5.39. The Balaban J connectivity index is 1.91. The smallest absolute Gasteiger partial charge is 0.0208 e. The number of aryl methyl sites for hydroxylation is 3. The van der Waals surface area contributed by atoms with Crippen LogP contribution in [0.4, 0.5) is 0 Å². The Morgan fingerprint density at radius 1 is 1.00 bits per heavy atom. The number of hydrogen-bond donors (Lipinski definition) is 1. The predicted molar refractivity (Wildman–Crippen MR) is 85.2 cm³/mol. The number of hydrogen-bond acceptors (Lipinski definition) is 1. The SMILES string of the molecule is Cc1cc(C)c(CC2CNCc3ccccc32)cc1C. The van der Waals surface area contributed by atoms with Crippen molar-refractivity contribution in [1.29, 1.82) is 0 Å². The molecule has 0 fully saturated rings. The fourth-order valence-corrected chi connectivity index (χ4v) is 3.27. The fourth-order valence-electron chi connectivity index (χ4n) is 3.27. The lowest BCUT2D eigenvalue weighted by Gasteiger charge is -2.27. The Bertz CT molecular complexity index is 628. The maximum Gasteiger partial charge on any atom is 0.0208 e. The number of fused-ring (bicyclic) bond motifs is 1. The van der Waals surface area contributed by atoms with Crippen molar-refractivity contribution in [2.45, 2.75) is 39.7 Å². The summed E-state index contributed by atoms with van der Waals surface area (Å²) in [4.78, 5) is 0. The third-order valence-corrected chi connectivity index (χ3v) is 4.62. The van der Waals surface area contributed by atoms with Gasteiger partial charge in [0.15, 0.2) is 0 Å². The highest BCUT2D eigenvalue weighted by atomic mass is 14.9. The topological polar surface area (TPSA) is 12.0 Å². The molecule has 0 aromatic heterocycles. The molecule has 1 heterocycles. The van der Waals surface area contributed by atoms with E-state index in [1.807, 2.05) is 0 Å². The van der Waals surface area contributed by atoms with Crippen molar-refractivity contribution in [3.05, 3.63) is 69.8 Å². The molecule has 0 bridgehead atoms. The average Bonchev–Trinajstić information content (AvgIpc) is 2.45. The monoisotopic (exact) mass is 265 g/mol. The highest BCUT2D eigenvalue weighted by Crippen LogP contribution is 2.28. The molecule has 1 N–H and O–H groups in total. The van der Waals surface area contributed by atoms with E-state index >= 15 is 0 Å². The van der Waals surface area contributed by atoms with Crippen LogP contribution in [0, 0.1) is 20.8 Å². The third kappa shape index (κ3) is 2.51. The number of benzene rings is 2. The molecule has 1 heteroatoms. The van der Waals surface area contributed by atoms with Crippen molar-refractivity contribution in [1.82, 2.24) is 5.32 Å². The molecule has 0 saturated heterocycles. The van der Waals surface area contributed by atoms with E-state index < -0.39 is 0 Å². The second-order valence-corrected chi connectivity index (χ2v) is 6.09. The van der Waals surface area contributed by atoms with Crippen LogP contribution in [-0.2, 0) is 13.0 Å². The van der Waals surface area contributed by atoms with E-state index in [4.69, 9.17) is 0 Å². The number of rotatable bonds is 2. The minimum Gasteiger partial charge on any atom is -0.312 e. The van der Waals surface area contributed by atoms with Crippen molar-refractivity contribution in [3.63, 3.8) is 0 Å². The molecule has 2 aromatic carbocycles. The molecule has 1 aliphatic heterocycles. The second-order valence-electron chi connectivity index (χ2n) is 6.09. The van der Waals surface area contributed by atoms with Gasteiger partial charge in [-0.05, 0) is 60.6 Å². The van der Waals surface area contributed by atoms with Gasteiger partial charge < -0.3 is 5.32 Å². The van der Waals surface area contributed by atoms with Gasteiger partial charge in [0.05, 0.1) is 0 Å². The first-order valence-corrected chi connectivity index (χ1v) is 7.50. The third-order valence-electron chi connectivity index (χ3n) is 4.62. The van der Waals surface area contributed by atoms with Gasteiger partial charge in [-0.15, -0.1) is 0 Å². The molecule has 0 aliphatic carbocycles. The van der Waals surface area contributed by atoms with Crippen LogP contribution in [0.25, 0.3) is 0 Å². The first kappa shape index (κ1) is 13.4. The van der Waals surface area contributed by atoms with Gasteiger partial charge in [-0.2, -0.15) is 0 Å². The minimum absolute atomic E-state index is 0.598. The summed E-state index contributed by atoms with van der Waals surface area (Å²) in [6, 6.07) is 13.6. The Morgan fingerprint density at radius 3 is 2.60 bits per heavy atom.